The summed E-state index contributed by atoms with van der Waals surface area (Å²) in [4.78, 5) is 32.3. The van der Waals surface area contributed by atoms with Crippen molar-refractivity contribution in [1.82, 2.24) is 0 Å². The molecule has 0 heterocycles. The first-order valence-corrected chi connectivity index (χ1v) is 5.92. The van der Waals surface area contributed by atoms with Crippen molar-refractivity contribution in [1.29, 1.82) is 0 Å². The van der Waals surface area contributed by atoms with Gasteiger partial charge >= 0.3 is 59.1 Å². The van der Waals surface area contributed by atoms with Gasteiger partial charge in [-0.15, -0.1) is 0 Å². The molecule has 19 heavy (non-hydrogen) atoms. The third kappa shape index (κ3) is 13.4. The Balaban J connectivity index is -0.00000128. The molecule has 98 valence electrons. The topological polar surface area (TPSA) is 97.3 Å². The molecule has 0 N–H and O–H groups in total. The van der Waals surface area contributed by atoms with Gasteiger partial charge in [0.05, 0.1) is 11.9 Å². The molecule has 0 aromatic heterocycles. The van der Waals surface area contributed by atoms with Gasteiger partial charge in [-0.05, 0) is 6.42 Å². The Hall–Kier alpha value is 0.610. The maximum Gasteiger partial charge on any atom is 1.00 e. The zero-order valence-corrected chi connectivity index (χ0v) is 16.1. The second-order valence-corrected chi connectivity index (χ2v) is 4.08. The largest absolute Gasteiger partial charge is 1.00 e. The van der Waals surface area contributed by atoms with Crippen molar-refractivity contribution in [3.8, 4) is 0 Å². The molecule has 0 aliphatic rings. The molecule has 0 spiro atoms. The SMILES string of the molecule is CCCCCCCC(=O)C(CC(=O)[O-])C(=O)[O-].[Na+].[Na+]. The Bertz CT molecular complexity index is 281. The van der Waals surface area contributed by atoms with E-state index in [4.69, 9.17) is 0 Å². The van der Waals surface area contributed by atoms with Crippen LogP contribution in [0.4, 0.5) is 0 Å². The Kier molecular flexibility index (Phi) is 19.4. The molecule has 0 aromatic rings. The Labute approximate surface area is 158 Å². The molecule has 0 amide bonds. The number of Topliss-reactive ketones (excluding diaryl/α,β-unsaturated/α-hetero) is 1. The van der Waals surface area contributed by atoms with E-state index >= 15 is 0 Å². The number of carboxylic acid groups (broad SMARTS) is 2. The maximum absolute atomic E-state index is 11.4. The minimum Gasteiger partial charge on any atom is -0.550 e. The Morgan fingerprint density at radius 1 is 0.947 bits per heavy atom. The molecule has 1 atom stereocenters. The number of aliphatic carboxylic acids is 2. The Morgan fingerprint density at radius 3 is 1.89 bits per heavy atom. The van der Waals surface area contributed by atoms with Crippen LogP contribution in [-0.4, -0.2) is 17.7 Å². The van der Waals surface area contributed by atoms with Gasteiger partial charge in [-0.1, -0.05) is 32.6 Å². The van der Waals surface area contributed by atoms with Crippen LogP contribution in [0.2, 0.25) is 0 Å². The van der Waals surface area contributed by atoms with Gasteiger partial charge in [0.15, 0.2) is 0 Å². The summed E-state index contributed by atoms with van der Waals surface area (Å²) in [5.41, 5.74) is 0. The van der Waals surface area contributed by atoms with E-state index in [2.05, 4.69) is 6.92 Å². The van der Waals surface area contributed by atoms with Gasteiger partial charge in [0, 0.05) is 18.8 Å². The van der Waals surface area contributed by atoms with Crippen LogP contribution < -0.4 is 69.3 Å². The second-order valence-electron chi connectivity index (χ2n) is 4.08. The van der Waals surface area contributed by atoms with E-state index in [0.717, 1.165) is 25.7 Å². The molecule has 0 aromatic carbocycles. The summed E-state index contributed by atoms with van der Waals surface area (Å²) in [6.45, 7) is 2.07. The number of unbranched alkanes of at least 4 members (excludes halogenated alkanes) is 4. The summed E-state index contributed by atoms with van der Waals surface area (Å²) in [5.74, 6) is -5.32. The van der Waals surface area contributed by atoms with Crippen LogP contribution in [0.15, 0.2) is 0 Å². The van der Waals surface area contributed by atoms with Crippen molar-refractivity contribution < 1.29 is 83.7 Å². The van der Waals surface area contributed by atoms with Crippen LogP contribution in [0.25, 0.3) is 0 Å². The summed E-state index contributed by atoms with van der Waals surface area (Å²) < 4.78 is 0. The predicted molar refractivity (Wildman–Crippen MR) is 56.5 cm³/mol. The summed E-state index contributed by atoms with van der Waals surface area (Å²) in [6, 6.07) is 0. The van der Waals surface area contributed by atoms with E-state index < -0.39 is 30.1 Å². The average Bonchev–Trinajstić information content (AvgIpc) is 2.24. The van der Waals surface area contributed by atoms with Crippen molar-refractivity contribution in [3.63, 3.8) is 0 Å². The van der Waals surface area contributed by atoms with Crippen molar-refractivity contribution in [2.75, 3.05) is 0 Å². The first kappa shape index (κ1) is 24.6. The minimum atomic E-state index is -1.63. The van der Waals surface area contributed by atoms with Crippen LogP contribution in [0.1, 0.15) is 51.9 Å². The molecular formula is C12H18Na2O5. The number of ketones is 1. The van der Waals surface area contributed by atoms with E-state index in [1.54, 1.807) is 0 Å². The average molecular weight is 288 g/mol. The van der Waals surface area contributed by atoms with Gasteiger partial charge in [0.1, 0.15) is 5.78 Å². The zero-order chi connectivity index (χ0) is 13.3. The fraction of sp³-hybridized carbons (Fsp3) is 0.750. The zero-order valence-electron chi connectivity index (χ0n) is 12.1. The molecule has 0 rings (SSSR count). The fourth-order valence-electron chi connectivity index (χ4n) is 1.57. The predicted octanol–water partition coefficient (Wildman–Crippen LogP) is -6.57. The van der Waals surface area contributed by atoms with Crippen LogP contribution in [0.3, 0.4) is 0 Å². The molecule has 0 aliphatic heterocycles. The number of carbonyl (C=O) groups is 3. The minimum absolute atomic E-state index is 0. The van der Waals surface area contributed by atoms with Crippen molar-refractivity contribution >= 4 is 17.7 Å². The van der Waals surface area contributed by atoms with Crippen LogP contribution in [-0.2, 0) is 14.4 Å². The Morgan fingerprint density at radius 2 is 1.47 bits per heavy atom. The smallest absolute Gasteiger partial charge is 0.550 e. The van der Waals surface area contributed by atoms with Crippen LogP contribution in [0.5, 0.6) is 0 Å². The van der Waals surface area contributed by atoms with Gasteiger partial charge in [-0.25, -0.2) is 0 Å². The summed E-state index contributed by atoms with van der Waals surface area (Å²) in [6.07, 6.45) is 3.91. The number of hydrogen-bond acceptors (Lipinski definition) is 5. The first-order chi connectivity index (χ1) is 7.99. The van der Waals surface area contributed by atoms with Crippen molar-refractivity contribution in [2.24, 2.45) is 5.92 Å². The number of carbonyl (C=O) groups excluding carboxylic acids is 3. The third-order valence-electron chi connectivity index (χ3n) is 2.57. The molecule has 0 saturated heterocycles. The fourth-order valence-corrected chi connectivity index (χ4v) is 1.57. The van der Waals surface area contributed by atoms with Crippen molar-refractivity contribution in [2.45, 2.75) is 51.9 Å². The quantitative estimate of drug-likeness (QED) is 0.226. The van der Waals surface area contributed by atoms with Crippen LogP contribution in [0, 0.1) is 5.92 Å². The van der Waals surface area contributed by atoms with Gasteiger partial charge < -0.3 is 19.8 Å². The standard InChI is InChI=1S/C12H20O5.2Na/c1-2-3-4-5-6-7-10(13)9(12(16)17)8-11(14)15;;/h9H,2-8H2,1H3,(H,14,15)(H,16,17);;/q;2*+1/p-2. The molecule has 0 bridgehead atoms. The molecular weight excluding hydrogens is 270 g/mol. The molecule has 0 fully saturated rings. The number of carboxylic acids is 2. The first-order valence-electron chi connectivity index (χ1n) is 5.92. The molecule has 5 nitrogen and oxygen atoms in total. The molecule has 1 unspecified atom stereocenters. The second kappa shape index (κ2) is 15.0. The van der Waals surface area contributed by atoms with Gasteiger partial charge in [0.2, 0.25) is 0 Å². The van der Waals surface area contributed by atoms with Gasteiger partial charge in [-0.3, -0.25) is 4.79 Å². The number of hydrogen-bond donors (Lipinski definition) is 0. The van der Waals surface area contributed by atoms with E-state index in [0.29, 0.717) is 6.42 Å². The van der Waals surface area contributed by atoms with E-state index in [-0.39, 0.29) is 65.5 Å². The molecule has 0 radical (unpaired) electrons. The van der Waals surface area contributed by atoms with Crippen LogP contribution >= 0.6 is 0 Å². The summed E-state index contributed by atoms with van der Waals surface area (Å²) >= 11 is 0. The van der Waals surface area contributed by atoms with Gasteiger partial charge in [-0.2, -0.15) is 0 Å². The van der Waals surface area contributed by atoms with Crippen molar-refractivity contribution in [3.05, 3.63) is 0 Å². The third-order valence-corrected chi connectivity index (χ3v) is 2.57. The van der Waals surface area contributed by atoms with E-state index in [9.17, 15) is 24.6 Å². The molecule has 0 saturated carbocycles. The number of rotatable bonds is 10. The maximum atomic E-state index is 11.4. The molecule has 0 aliphatic carbocycles. The van der Waals surface area contributed by atoms with Gasteiger partial charge in [0.25, 0.3) is 0 Å². The molecule has 7 heteroatoms. The monoisotopic (exact) mass is 288 g/mol. The summed E-state index contributed by atoms with van der Waals surface area (Å²) in [7, 11) is 0. The normalized spacial score (nSPS) is 10.8. The summed E-state index contributed by atoms with van der Waals surface area (Å²) in [5, 5.41) is 20.9. The van der Waals surface area contributed by atoms with E-state index in [1.807, 2.05) is 0 Å². The van der Waals surface area contributed by atoms with E-state index in [1.165, 1.54) is 0 Å².